The number of nitrogens with one attached hydrogen (secondary N) is 2. The molecule has 0 aliphatic carbocycles. The van der Waals surface area contributed by atoms with Crippen molar-refractivity contribution >= 4 is 27.1 Å². The minimum atomic E-state index is -0.322. The van der Waals surface area contributed by atoms with Gasteiger partial charge in [-0.2, -0.15) is 0 Å². The van der Waals surface area contributed by atoms with Gasteiger partial charge in [0.25, 0.3) is 0 Å². The zero-order chi connectivity index (χ0) is 27.2. The SMILES string of the molecule is C=C(C)c1cc(C)ccc1CC.C=C1NC(=C)[C@](C)(c2ccc(-c3ccc4ncsc4c3)cc2)N1.CC. The first-order chi connectivity index (χ1) is 17.7. The van der Waals surface area contributed by atoms with Gasteiger partial charge in [-0.15, -0.1) is 11.3 Å². The molecule has 1 fully saturated rings. The lowest BCUT2D eigenvalue weighted by molar-refractivity contribution is 0.528. The molecule has 0 radical (unpaired) electrons. The zero-order valence-electron chi connectivity index (χ0n) is 23.0. The summed E-state index contributed by atoms with van der Waals surface area (Å²) in [4.78, 5) is 4.33. The van der Waals surface area contributed by atoms with Crippen LogP contribution in [-0.4, -0.2) is 4.98 Å². The van der Waals surface area contributed by atoms with Crippen LogP contribution in [0, 0.1) is 6.92 Å². The Morgan fingerprint density at radius 2 is 1.65 bits per heavy atom. The number of hydrogen-bond donors (Lipinski definition) is 2. The van der Waals surface area contributed by atoms with E-state index in [4.69, 9.17) is 0 Å². The summed E-state index contributed by atoms with van der Waals surface area (Å²) >= 11 is 1.67. The molecule has 1 saturated heterocycles. The molecule has 3 nitrogen and oxygen atoms in total. The Balaban J connectivity index is 0.000000231. The molecule has 1 aromatic heterocycles. The summed E-state index contributed by atoms with van der Waals surface area (Å²) in [5.41, 5.74) is 12.3. The van der Waals surface area contributed by atoms with E-state index in [2.05, 4.69) is 124 Å². The third-order valence-electron chi connectivity index (χ3n) is 6.54. The number of benzene rings is 3. The molecule has 37 heavy (non-hydrogen) atoms. The van der Waals surface area contributed by atoms with Crippen molar-refractivity contribution in [2.24, 2.45) is 0 Å². The molecule has 1 atom stereocenters. The average Bonchev–Trinajstić information content (AvgIpc) is 3.48. The first-order valence-electron chi connectivity index (χ1n) is 12.8. The first kappa shape index (κ1) is 27.9. The van der Waals surface area contributed by atoms with E-state index < -0.39 is 0 Å². The van der Waals surface area contributed by atoms with E-state index in [1.807, 2.05) is 19.4 Å². The quantitative estimate of drug-likeness (QED) is 0.288. The molecule has 0 unspecified atom stereocenters. The number of hydrogen-bond acceptors (Lipinski definition) is 4. The lowest BCUT2D eigenvalue weighted by Crippen LogP contribution is -2.33. The Kier molecular flexibility index (Phi) is 9.12. The Hall–Kier alpha value is -3.63. The van der Waals surface area contributed by atoms with E-state index in [-0.39, 0.29) is 5.54 Å². The van der Waals surface area contributed by atoms with Gasteiger partial charge in [0, 0.05) is 5.70 Å². The van der Waals surface area contributed by atoms with Gasteiger partial charge in [0.05, 0.1) is 21.5 Å². The minimum Gasteiger partial charge on any atom is -0.357 e. The van der Waals surface area contributed by atoms with Gasteiger partial charge in [0.15, 0.2) is 0 Å². The van der Waals surface area contributed by atoms with E-state index in [1.54, 1.807) is 11.3 Å². The number of nitrogens with zero attached hydrogens (tertiary/aromatic N) is 1. The average molecular weight is 510 g/mol. The number of rotatable bonds is 4. The summed E-state index contributed by atoms with van der Waals surface area (Å²) in [5.74, 6) is 0.789. The van der Waals surface area contributed by atoms with Crippen LogP contribution in [0.25, 0.3) is 26.9 Å². The second-order valence-corrected chi connectivity index (χ2v) is 10.1. The van der Waals surface area contributed by atoms with E-state index >= 15 is 0 Å². The Bertz CT molecular complexity index is 1410. The van der Waals surface area contributed by atoms with Gasteiger partial charge >= 0.3 is 0 Å². The van der Waals surface area contributed by atoms with Gasteiger partial charge in [-0.25, -0.2) is 4.98 Å². The van der Waals surface area contributed by atoms with Crippen LogP contribution in [0.1, 0.15) is 56.9 Å². The van der Waals surface area contributed by atoms with E-state index in [1.165, 1.54) is 32.5 Å². The second kappa shape index (κ2) is 12.1. The van der Waals surface area contributed by atoms with Crippen LogP contribution >= 0.6 is 11.3 Å². The highest BCUT2D eigenvalue weighted by atomic mass is 32.1. The molecule has 4 heteroatoms. The highest BCUT2D eigenvalue weighted by Gasteiger charge is 2.35. The Morgan fingerprint density at radius 1 is 0.973 bits per heavy atom. The fraction of sp³-hybridized carbons (Fsp3) is 0.242. The van der Waals surface area contributed by atoms with Crippen molar-refractivity contribution in [3.8, 4) is 11.1 Å². The van der Waals surface area contributed by atoms with Gasteiger partial charge < -0.3 is 10.6 Å². The molecule has 4 aromatic rings. The van der Waals surface area contributed by atoms with Gasteiger partial charge in [0.1, 0.15) is 5.54 Å². The van der Waals surface area contributed by atoms with Gasteiger partial charge in [-0.3, -0.25) is 0 Å². The predicted molar refractivity (Wildman–Crippen MR) is 164 cm³/mol. The minimum absolute atomic E-state index is 0.322. The molecular formula is C33H39N3S. The maximum atomic E-state index is 4.33. The molecule has 2 N–H and O–H groups in total. The highest BCUT2D eigenvalue weighted by molar-refractivity contribution is 7.16. The fourth-order valence-electron chi connectivity index (χ4n) is 4.39. The number of allylic oxidation sites excluding steroid dienone is 1. The van der Waals surface area contributed by atoms with Crippen LogP contribution in [0.4, 0.5) is 0 Å². The number of aryl methyl sites for hydroxylation is 2. The number of aromatic nitrogens is 1. The van der Waals surface area contributed by atoms with E-state index in [0.29, 0.717) is 0 Å². The van der Waals surface area contributed by atoms with Crippen molar-refractivity contribution in [3.05, 3.63) is 120 Å². The van der Waals surface area contributed by atoms with E-state index in [9.17, 15) is 0 Å². The van der Waals surface area contributed by atoms with Crippen molar-refractivity contribution in [2.75, 3.05) is 0 Å². The molecule has 2 heterocycles. The molecule has 0 spiro atoms. The lowest BCUT2D eigenvalue weighted by Gasteiger charge is -2.25. The summed E-state index contributed by atoms with van der Waals surface area (Å²) in [7, 11) is 0. The fourth-order valence-corrected chi connectivity index (χ4v) is 5.10. The molecule has 5 rings (SSSR count). The topological polar surface area (TPSA) is 37.0 Å². The van der Waals surface area contributed by atoms with Crippen LogP contribution in [0.3, 0.4) is 0 Å². The van der Waals surface area contributed by atoms with Gasteiger partial charge in [-0.1, -0.05) is 100 Å². The monoisotopic (exact) mass is 509 g/mol. The standard InChI is InChI=1S/C19H17N3S.C12H16.C2H6/c1-12-19(3,22-13(2)21-12)16-7-4-14(5-8-16)15-6-9-17-18(10-15)23-11-20-17;1-5-11-7-6-10(4)8-12(11)9(2)3;1-2/h4-11,21-22H,1-2H2,3H3;6-8H,2,5H2,1,3-4H3;1-2H3/t19-;;/m1../s1. The molecule has 0 bridgehead atoms. The third-order valence-corrected chi connectivity index (χ3v) is 7.33. The summed E-state index contributed by atoms with van der Waals surface area (Å²) in [6.45, 7) is 24.5. The summed E-state index contributed by atoms with van der Waals surface area (Å²) in [6.07, 6.45) is 1.09. The summed E-state index contributed by atoms with van der Waals surface area (Å²) < 4.78 is 1.21. The maximum Gasteiger partial charge on any atom is 0.101 e. The molecule has 0 saturated carbocycles. The number of fused-ring (bicyclic) bond motifs is 1. The molecule has 192 valence electrons. The van der Waals surface area contributed by atoms with Gasteiger partial charge in [0.2, 0.25) is 0 Å². The summed E-state index contributed by atoms with van der Waals surface area (Å²) in [6, 6.07) is 21.5. The molecule has 0 amide bonds. The van der Waals surface area contributed by atoms with Crippen LogP contribution < -0.4 is 10.6 Å². The normalized spacial score (nSPS) is 16.2. The van der Waals surface area contributed by atoms with Crippen molar-refractivity contribution in [1.82, 2.24) is 15.6 Å². The van der Waals surface area contributed by atoms with Crippen molar-refractivity contribution in [1.29, 1.82) is 0 Å². The smallest absolute Gasteiger partial charge is 0.101 e. The molecular weight excluding hydrogens is 470 g/mol. The Morgan fingerprint density at radius 3 is 2.24 bits per heavy atom. The zero-order valence-corrected chi connectivity index (χ0v) is 23.9. The van der Waals surface area contributed by atoms with Crippen LogP contribution in [0.15, 0.2) is 97.4 Å². The largest absolute Gasteiger partial charge is 0.357 e. The highest BCUT2D eigenvalue weighted by Crippen LogP contribution is 2.34. The van der Waals surface area contributed by atoms with Crippen LogP contribution in [-0.2, 0) is 12.0 Å². The second-order valence-electron chi connectivity index (χ2n) is 9.24. The molecule has 1 aliphatic heterocycles. The first-order valence-corrected chi connectivity index (χ1v) is 13.7. The van der Waals surface area contributed by atoms with Crippen molar-refractivity contribution < 1.29 is 0 Å². The third kappa shape index (κ3) is 6.20. The van der Waals surface area contributed by atoms with Gasteiger partial charge in [-0.05, 0) is 67.1 Å². The maximum absolute atomic E-state index is 4.33. The van der Waals surface area contributed by atoms with E-state index in [0.717, 1.165) is 34.6 Å². The number of thiazole rings is 1. The molecule has 3 aromatic carbocycles. The summed E-state index contributed by atoms with van der Waals surface area (Å²) in [5, 5.41) is 6.53. The molecule has 1 aliphatic rings. The van der Waals surface area contributed by atoms with Crippen LogP contribution in [0.2, 0.25) is 0 Å². The van der Waals surface area contributed by atoms with Crippen LogP contribution in [0.5, 0.6) is 0 Å². The lowest BCUT2D eigenvalue weighted by atomic mass is 9.89. The predicted octanol–water partition coefficient (Wildman–Crippen LogP) is 8.97. The Labute approximate surface area is 226 Å². The van der Waals surface area contributed by atoms with Crippen molar-refractivity contribution in [2.45, 2.75) is 53.5 Å². The van der Waals surface area contributed by atoms with Crippen molar-refractivity contribution in [3.63, 3.8) is 0 Å².